The molecule has 2 aromatic heterocycles. The first-order valence-electron chi connectivity index (χ1n) is 6.29. The third-order valence-corrected chi connectivity index (χ3v) is 2.72. The maximum absolute atomic E-state index is 3.28. The summed E-state index contributed by atoms with van der Waals surface area (Å²) in [6.45, 7) is 9.34. The summed E-state index contributed by atoms with van der Waals surface area (Å²) in [4.78, 5) is 0. The number of nitrogens with zero attached hydrogens (tertiary/aromatic N) is 4. The number of hydrogen-bond donors (Lipinski definition) is 0. The molecule has 2 heterocycles. The van der Waals surface area contributed by atoms with Crippen LogP contribution in [-0.2, 0) is 17.9 Å². The van der Waals surface area contributed by atoms with Crippen LogP contribution in [0.2, 0.25) is 0 Å². The van der Waals surface area contributed by atoms with Gasteiger partial charge in [-0.25, -0.2) is 0 Å². The van der Waals surface area contributed by atoms with Gasteiger partial charge in [0, 0.05) is 0 Å². The van der Waals surface area contributed by atoms with Crippen LogP contribution in [0.3, 0.4) is 0 Å². The van der Waals surface area contributed by atoms with Crippen molar-refractivity contribution < 1.29 is 20.3 Å². The van der Waals surface area contributed by atoms with E-state index in [1.807, 2.05) is 33.9 Å². The van der Waals surface area contributed by atoms with Crippen LogP contribution >= 0.6 is 38.7 Å². The van der Waals surface area contributed by atoms with Gasteiger partial charge in [0.1, 0.15) is 0 Å². The predicted octanol–water partition coefficient (Wildman–Crippen LogP) is 2.90. The first kappa shape index (κ1) is 18.6. The average Bonchev–Trinajstić information content (AvgIpc) is 2.99. The van der Waals surface area contributed by atoms with Gasteiger partial charge in [0.2, 0.25) is 12.7 Å². The zero-order chi connectivity index (χ0) is 15.1. The van der Waals surface area contributed by atoms with Crippen LogP contribution < -0.4 is 9.13 Å². The van der Waals surface area contributed by atoms with E-state index in [9.17, 15) is 0 Å². The van der Waals surface area contributed by atoms with Crippen molar-refractivity contribution in [2.45, 2.75) is 46.4 Å². The summed E-state index contributed by atoms with van der Waals surface area (Å²) in [5.74, 6) is 0. The number of halogens is 2. The fourth-order valence-corrected chi connectivity index (χ4v) is 1.63. The standard InChI is InChI=1S/C13H20N4.2HI.Pt/c1-12(2)16-7-5-14(10-16)9-15-6-8-17(11-15)13(3)4;;;/h5-8,12-13H,9H2,1-4H3;2*1H;/q;;;+4/p-2. The Balaban J connectivity index is 0.000000612. The molecule has 0 bridgehead atoms. The molecule has 0 radical (unpaired) electrons. The second-order valence-corrected chi connectivity index (χ2v) is 21.5. The molecule has 0 spiro atoms. The van der Waals surface area contributed by atoms with Gasteiger partial charge in [0.25, 0.3) is 0 Å². The second-order valence-electron chi connectivity index (χ2n) is 4.92. The Morgan fingerprint density at radius 3 is 1.55 bits per heavy atom. The Kier molecular flexibility index (Phi) is 8.90. The van der Waals surface area contributed by atoms with Gasteiger partial charge < -0.3 is 18.3 Å². The van der Waals surface area contributed by atoms with E-state index >= 15 is 0 Å². The minimum atomic E-state index is 0.450. The number of imidazole rings is 2. The van der Waals surface area contributed by atoms with Crippen molar-refractivity contribution in [3.8, 4) is 0 Å². The first-order valence-corrected chi connectivity index (χ1v) is 19.2. The molecule has 0 N–H and O–H groups in total. The second kappa shape index (κ2) is 9.56. The molecule has 0 fully saturated rings. The van der Waals surface area contributed by atoms with E-state index in [0.717, 1.165) is 6.67 Å². The van der Waals surface area contributed by atoms with Gasteiger partial charge in [0.05, 0.1) is 12.1 Å². The Hall–Kier alpha value is 0.568. The van der Waals surface area contributed by atoms with Gasteiger partial charge >= 0.3 is 49.9 Å². The molecule has 0 aliphatic carbocycles. The molecule has 2 rings (SSSR count). The molecule has 0 atom stereocenters. The van der Waals surface area contributed by atoms with Crippen molar-refractivity contribution >= 4 is 38.7 Å². The van der Waals surface area contributed by atoms with E-state index in [1.165, 1.54) is 0 Å². The molecule has 114 valence electrons. The van der Waals surface area contributed by atoms with E-state index in [0.29, 0.717) is 23.3 Å². The summed E-state index contributed by atoms with van der Waals surface area (Å²) in [7, 11) is 0. The fraction of sp³-hybridized carbons (Fsp3) is 0.538. The molecule has 0 saturated heterocycles. The SMILES string of the molecule is CC(C)n1[c-][n+](C[n+]2[c-]n(C(C)C)cc2)cc1.[I][Pt+2][I]. The van der Waals surface area contributed by atoms with Crippen LogP contribution in [0.15, 0.2) is 24.8 Å². The Bertz CT molecular complexity index is 464. The van der Waals surface area contributed by atoms with Gasteiger partial charge in [-0.2, -0.15) is 0 Å². The van der Waals surface area contributed by atoms with Gasteiger partial charge in [-0.3, -0.25) is 0 Å². The molecule has 4 nitrogen and oxygen atoms in total. The Labute approximate surface area is 150 Å². The van der Waals surface area contributed by atoms with E-state index < -0.39 is 0 Å². The summed E-state index contributed by atoms with van der Waals surface area (Å²) >= 11 is 5.30. The van der Waals surface area contributed by atoms with Crippen LogP contribution in [0.25, 0.3) is 0 Å². The molecule has 0 amide bonds. The summed E-state index contributed by atoms with van der Waals surface area (Å²) in [5, 5.41) is 0. The first-order chi connectivity index (χ1) is 9.47. The number of aromatic nitrogens is 4. The normalized spacial score (nSPS) is 11.0. The van der Waals surface area contributed by atoms with Crippen LogP contribution in [0.5, 0.6) is 0 Å². The van der Waals surface area contributed by atoms with Crippen molar-refractivity contribution in [2.75, 3.05) is 0 Å². The van der Waals surface area contributed by atoms with E-state index in [2.05, 4.69) is 88.2 Å². The monoisotopic (exact) mass is 681 g/mol. The zero-order valence-corrected chi connectivity index (χ0v) is 18.6. The molecule has 20 heavy (non-hydrogen) atoms. The van der Waals surface area contributed by atoms with Crippen LogP contribution in [0, 0.1) is 12.7 Å². The summed E-state index contributed by atoms with van der Waals surface area (Å²) in [5.41, 5.74) is 0. The van der Waals surface area contributed by atoms with Gasteiger partial charge in [-0.15, -0.1) is 0 Å². The van der Waals surface area contributed by atoms with Crippen molar-refractivity contribution in [3.05, 3.63) is 37.4 Å². The Morgan fingerprint density at radius 2 is 1.30 bits per heavy atom. The third-order valence-electron chi connectivity index (χ3n) is 2.72. The van der Waals surface area contributed by atoms with Crippen molar-refractivity contribution in [2.24, 2.45) is 0 Å². The molecule has 0 aliphatic heterocycles. The van der Waals surface area contributed by atoms with E-state index in [4.69, 9.17) is 0 Å². The summed E-state index contributed by atoms with van der Waals surface area (Å²) in [6.07, 6.45) is 14.7. The van der Waals surface area contributed by atoms with Crippen molar-refractivity contribution in [3.63, 3.8) is 0 Å². The molecular formula is C13H20I2N4Pt+2. The fourth-order valence-electron chi connectivity index (χ4n) is 1.63. The molecule has 0 aromatic carbocycles. The quantitative estimate of drug-likeness (QED) is 0.269. The average molecular weight is 681 g/mol. The van der Waals surface area contributed by atoms with Gasteiger partial charge in [0.15, 0.2) is 6.67 Å². The number of hydrogen-bond acceptors (Lipinski definition) is 0. The third kappa shape index (κ3) is 6.13. The van der Waals surface area contributed by atoms with Gasteiger partial charge in [-0.1, -0.05) is 0 Å². The van der Waals surface area contributed by atoms with E-state index in [-0.39, 0.29) is 0 Å². The van der Waals surface area contributed by atoms with Crippen LogP contribution in [0.4, 0.5) is 0 Å². The topological polar surface area (TPSA) is 17.6 Å². The molecule has 0 unspecified atom stereocenters. The molecule has 0 saturated carbocycles. The number of rotatable bonds is 4. The predicted molar refractivity (Wildman–Crippen MR) is 91.1 cm³/mol. The Morgan fingerprint density at radius 1 is 0.950 bits per heavy atom. The zero-order valence-electron chi connectivity index (χ0n) is 12.0. The van der Waals surface area contributed by atoms with Crippen LogP contribution in [0.1, 0.15) is 39.8 Å². The molecule has 2 aromatic rings. The van der Waals surface area contributed by atoms with Crippen molar-refractivity contribution in [1.82, 2.24) is 9.13 Å². The molecule has 7 heteroatoms. The van der Waals surface area contributed by atoms with Crippen LogP contribution in [-0.4, -0.2) is 9.13 Å². The molecule has 0 aliphatic rings. The van der Waals surface area contributed by atoms with E-state index in [1.54, 1.807) is 0 Å². The van der Waals surface area contributed by atoms with Crippen molar-refractivity contribution in [1.29, 1.82) is 0 Å². The van der Waals surface area contributed by atoms with Gasteiger partial charge in [-0.05, 0) is 52.5 Å². The minimum absolute atomic E-state index is 0.450. The molecular weight excluding hydrogens is 661 g/mol. The summed E-state index contributed by atoms with van der Waals surface area (Å²) < 4.78 is 8.20. The maximum atomic E-state index is 3.28. The summed E-state index contributed by atoms with van der Waals surface area (Å²) in [6, 6.07) is 0.899.